The Balaban J connectivity index is 1.85. The van der Waals surface area contributed by atoms with E-state index in [4.69, 9.17) is 0 Å². The molecule has 2 heteroatoms. The Bertz CT molecular complexity index is 290. The van der Waals surface area contributed by atoms with Crippen LogP contribution in [0.5, 0.6) is 0 Å². The maximum absolute atomic E-state index is 4.51. The SMILES string of the molecule is Cc1cccc(CCC2CCNC2)n1. The Morgan fingerprint density at radius 2 is 2.43 bits per heavy atom. The summed E-state index contributed by atoms with van der Waals surface area (Å²) >= 11 is 0. The maximum atomic E-state index is 4.51. The number of hydrogen-bond acceptors (Lipinski definition) is 2. The molecule has 0 saturated carbocycles. The third-order valence-electron chi connectivity index (χ3n) is 2.92. The van der Waals surface area contributed by atoms with E-state index < -0.39 is 0 Å². The zero-order chi connectivity index (χ0) is 9.80. The average Bonchev–Trinajstić information content (AvgIpc) is 2.67. The van der Waals surface area contributed by atoms with Gasteiger partial charge in [0.25, 0.3) is 0 Å². The van der Waals surface area contributed by atoms with Crippen molar-refractivity contribution in [3.63, 3.8) is 0 Å². The first kappa shape index (κ1) is 9.66. The van der Waals surface area contributed by atoms with Crippen molar-refractivity contribution in [1.82, 2.24) is 10.3 Å². The van der Waals surface area contributed by atoms with Crippen LogP contribution in [-0.2, 0) is 6.42 Å². The second-order valence-electron chi connectivity index (χ2n) is 4.17. The van der Waals surface area contributed by atoms with E-state index in [1.54, 1.807) is 0 Å². The van der Waals surface area contributed by atoms with Gasteiger partial charge in [-0.05, 0) is 57.3 Å². The van der Waals surface area contributed by atoms with Crippen molar-refractivity contribution in [3.8, 4) is 0 Å². The van der Waals surface area contributed by atoms with Crippen molar-refractivity contribution in [2.45, 2.75) is 26.2 Å². The van der Waals surface area contributed by atoms with Crippen molar-refractivity contribution in [3.05, 3.63) is 29.6 Å². The predicted octanol–water partition coefficient (Wildman–Crippen LogP) is 1.93. The lowest BCUT2D eigenvalue weighted by Gasteiger charge is -2.07. The fourth-order valence-electron chi connectivity index (χ4n) is 2.05. The molecule has 1 fully saturated rings. The molecular formula is C12H18N2. The molecule has 0 bridgehead atoms. The molecule has 0 spiro atoms. The molecule has 2 heterocycles. The number of nitrogens with zero attached hydrogens (tertiary/aromatic N) is 1. The topological polar surface area (TPSA) is 24.9 Å². The molecule has 1 aliphatic rings. The van der Waals surface area contributed by atoms with E-state index in [1.807, 2.05) is 0 Å². The van der Waals surface area contributed by atoms with Crippen LogP contribution in [0.3, 0.4) is 0 Å². The summed E-state index contributed by atoms with van der Waals surface area (Å²) in [7, 11) is 0. The lowest BCUT2D eigenvalue weighted by Crippen LogP contribution is -2.09. The van der Waals surface area contributed by atoms with Gasteiger partial charge in [0.2, 0.25) is 0 Å². The molecular weight excluding hydrogens is 172 g/mol. The zero-order valence-electron chi connectivity index (χ0n) is 8.79. The molecule has 1 aromatic heterocycles. The van der Waals surface area contributed by atoms with Crippen LogP contribution in [0.1, 0.15) is 24.2 Å². The van der Waals surface area contributed by atoms with Gasteiger partial charge in [0.15, 0.2) is 0 Å². The maximum Gasteiger partial charge on any atom is 0.0406 e. The molecule has 1 N–H and O–H groups in total. The lowest BCUT2D eigenvalue weighted by molar-refractivity contribution is 0.529. The van der Waals surface area contributed by atoms with Crippen molar-refractivity contribution in [2.24, 2.45) is 5.92 Å². The molecule has 1 saturated heterocycles. The molecule has 1 atom stereocenters. The zero-order valence-corrected chi connectivity index (χ0v) is 8.79. The van der Waals surface area contributed by atoms with Crippen molar-refractivity contribution < 1.29 is 0 Å². The van der Waals surface area contributed by atoms with Crippen LogP contribution < -0.4 is 5.32 Å². The van der Waals surface area contributed by atoms with E-state index in [9.17, 15) is 0 Å². The smallest absolute Gasteiger partial charge is 0.0406 e. The van der Waals surface area contributed by atoms with Crippen LogP contribution in [0.15, 0.2) is 18.2 Å². The van der Waals surface area contributed by atoms with Crippen LogP contribution in [-0.4, -0.2) is 18.1 Å². The average molecular weight is 190 g/mol. The van der Waals surface area contributed by atoms with Gasteiger partial charge in [-0.15, -0.1) is 0 Å². The summed E-state index contributed by atoms with van der Waals surface area (Å²) in [5.41, 5.74) is 2.38. The molecule has 0 aromatic carbocycles. The number of pyridine rings is 1. The quantitative estimate of drug-likeness (QED) is 0.787. The van der Waals surface area contributed by atoms with Gasteiger partial charge in [-0.1, -0.05) is 6.07 Å². The van der Waals surface area contributed by atoms with Crippen LogP contribution in [0.2, 0.25) is 0 Å². The largest absolute Gasteiger partial charge is 0.316 e. The standard InChI is InChI=1S/C12H18N2/c1-10-3-2-4-12(14-10)6-5-11-7-8-13-9-11/h2-4,11,13H,5-9H2,1H3. The molecule has 0 amide bonds. The van der Waals surface area contributed by atoms with Crippen LogP contribution in [0, 0.1) is 12.8 Å². The van der Waals surface area contributed by atoms with E-state index in [1.165, 1.54) is 31.6 Å². The second kappa shape index (κ2) is 4.56. The lowest BCUT2D eigenvalue weighted by atomic mass is 10.0. The molecule has 1 aliphatic heterocycles. The van der Waals surface area contributed by atoms with Gasteiger partial charge in [-0.25, -0.2) is 0 Å². The number of nitrogens with one attached hydrogen (secondary N) is 1. The van der Waals surface area contributed by atoms with Gasteiger partial charge in [0, 0.05) is 11.4 Å². The second-order valence-corrected chi connectivity index (χ2v) is 4.17. The fraction of sp³-hybridized carbons (Fsp3) is 0.583. The Labute approximate surface area is 85.7 Å². The van der Waals surface area contributed by atoms with Crippen LogP contribution >= 0.6 is 0 Å². The molecule has 14 heavy (non-hydrogen) atoms. The first-order chi connectivity index (χ1) is 6.84. The highest BCUT2D eigenvalue weighted by atomic mass is 14.9. The summed E-state index contributed by atoms with van der Waals surface area (Å²) < 4.78 is 0. The Hall–Kier alpha value is -0.890. The first-order valence-electron chi connectivity index (χ1n) is 5.48. The van der Waals surface area contributed by atoms with Gasteiger partial charge >= 0.3 is 0 Å². The van der Waals surface area contributed by atoms with Gasteiger partial charge in [0.1, 0.15) is 0 Å². The van der Waals surface area contributed by atoms with Crippen LogP contribution in [0.25, 0.3) is 0 Å². The van der Waals surface area contributed by atoms with E-state index in [0.29, 0.717) is 0 Å². The first-order valence-corrected chi connectivity index (χ1v) is 5.48. The number of aryl methyl sites for hydroxylation is 2. The summed E-state index contributed by atoms with van der Waals surface area (Å²) in [6.45, 7) is 4.46. The number of hydrogen-bond donors (Lipinski definition) is 1. The van der Waals surface area contributed by atoms with Crippen molar-refractivity contribution in [2.75, 3.05) is 13.1 Å². The fourth-order valence-corrected chi connectivity index (χ4v) is 2.05. The van der Waals surface area contributed by atoms with E-state index >= 15 is 0 Å². The van der Waals surface area contributed by atoms with E-state index in [0.717, 1.165) is 18.0 Å². The predicted molar refractivity (Wildman–Crippen MR) is 58.3 cm³/mol. The molecule has 2 nitrogen and oxygen atoms in total. The summed E-state index contributed by atoms with van der Waals surface area (Å²) in [6.07, 6.45) is 3.75. The minimum absolute atomic E-state index is 0.873. The van der Waals surface area contributed by atoms with Gasteiger partial charge in [-0.2, -0.15) is 0 Å². The monoisotopic (exact) mass is 190 g/mol. The van der Waals surface area contributed by atoms with Crippen molar-refractivity contribution in [1.29, 1.82) is 0 Å². The normalized spacial score (nSPS) is 21.4. The summed E-state index contributed by atoms with van der Waals surface area (Å²) in [4.78, 5) is 4.51. The Kier molecular flexibility index (Phi) is 3.14. The van der Waals surface area contributed by atoms with Crippen LogP contribution in [0.4, 0.5) is 0 Å². The highest BCUT2D eigenvalue weighted by Gasteiger charge is 2.13. The Morgan fingerprint density at radius 3 is 3.14 bits per heavy atom. The molecule has 76 valence electrons. The minimum atomic E-state index is 0.873. The Morgan fingerprint density at radius 1 is 1.50 bits per heavy atom. The summed E-state index contributed by atoms with van der Waals surface area (Å²) in [6, 6.07) is 6.29. The molecule has 0 radical (unpaired) electrons. The van der Waals surface area contributed by atoms with Crippen molar-refractivity contribution >= 4 is 0 Å². The van der Waals surface area contributed by atoms with Gasteiger partial charge < -0.3 is 5.32 Å². The highest BCUT2D eigenvalue weighted by molar-refractivity contribution is 5.10. The molecule has 2 rings (SSSR count). The van der Waals surface area contributed by atoms with E-state index in [2.05, 4.69) is 35.4 Å². The number of aromatic nitrogens is 1. The molecule has 1 aromatic rings. The number of rotatable bonds is 3. The molecule has 1 unspecified atom stereocenters. The summed E-state index contributed by atoms with van der Waals surface area (Å²) in [5, 5.41) is 3.40. The minimum Gasteiger partial charge on any atom is -0.316 e. The van der Waals surface area contributed by atoms with E-state index in [-0.39, 0.29) is 0 Å². The van der Waals surface area contributed by atoms with Gasteiger partial charge in [0.05, 0.1) is 0 Å². The third-order valence-corrected chi connectivity index (χ3v) is 2.92. The molecule has 0 aliphatic carbocycles. The highest BCUT2D eigenvalue weighted by Crippen LogP contribution is 2.14. The summed E-state index contributed by atoms with van der Waals surface area (Å²) in [5.74, 6) is 0.873. The van der Waals surface area contributed by atoms with Gasteiger partial charge in [-0.3, -0.25) is 4.98 Å². The third kappa shape index (κ3) is 2.55.